The maximum Gasteiger partial charge on any atom is 0.264 e. The molecule has 3 aromatic carbocycles. The fourth-order valence-corrected chi connectivity index (χ4v) is 6.69. The van der Waals surface area contributed by atoms with Crippen molar-refractivity contribution in [2.45, 2.75) is 18.7 Å². The predicted octanol–water partition coefficient (Wildman–Crippen LogP) is 4.88. The van der Waals surface area contributed by atoms with Crippen molar-refractivity contribution in [3.05, 3.63) is 72.3 Å². The lowest BCUT2D eigenvalue weighted by Crippen LogP contribution is -2.38. The van der Waals surface area contributed by atoms with E-state index in [9.17, 15) is 13.2 Å². The maximum absolute atomic E-state index is 13.8. The zero-order valence-corrected chi connectivity index (χ0v) is 24.4. The number of carbonyl (C=O) groups is 1. The van der Waals surface area contributed by atoms with E-state index in [2.05, 4.69) is 18.7 Å². The van der Waals surface area contributed by atoms with Gasteiger partial charge in [-0.15, -0.1) is 0 Å². The van der Waals surface area contributed by atoms with Crippen LogP contribution in [0.5, 0.6) is 11.5 Å². The van der Waals surface area contributed by atoms with Crippen LogP contribution in [0.2, 0.25) is 0 Å². The number of nitrogens with zero attached hydrogens (tertiary/aromatic N) is 4. The van der Waals surface area contributed by atoms with Gasteiger partial charge in [-0.25, -0.2) is 13.4 Å². The van der Waals surface area contributed by atoms with E-state index in [-0.39, 0.29) is 10.8 Å². The van der Waals surface area contributed by atoms with Gasteiger partial charge in [0.2, 0.25) is 0 Å². The van der Waals surface area contributed by atoms with Crippen LogP contribution in [-0.4, -0.2) is 70.6 Å². The number of fused-ring (bicyclic) bond motifs is 2. The summed E-state index contributed by atoms with van der Waals surface area (Å²) in [4.78, 5) is 22.6. The van der Waals surface area contributed by atoms with Gasteiger partial charge in [0.15, 0.2) is 16.6 Å². The summed E-state index contributed by atoms with van der Waals surface area (Å²) in [7, 11) is -2.28. The molecular formula is C29H32N4O5S2. The molecule has 4 aromatic rings. The van der Waals surface area contributed by atoms with Crippen molar-refractivity contribution in [3.8, 4) is 11.5 Å². The third-order valence-corrected chi connectivity index (χ3v) is 9.77. The van der Waals surface area contributed by atoms with E-state index >= 15 is 0 Å². The fourth-order valence-electron chi connectivity index (χ4n) is 4.49. The number of para-hydroxylation sites is 1. The molecule has 1 aliphatic rings. The first-order valence-corrected chi connectivity index (χ1v) is 15.5. The summed E-state index contributed by atoms with van der Waals surface area (Å²) in [6, 6.07) is 18.7. The van der Waals surface area contributed by atoms with E-state index in [0.717, 1.165) is 23.3 Å². The van der Waals surface area contributed by atoms with Crippen LogP contribution in [0.25, 0.3) is 10.2 Å². The second kappa shape index (κ2) is 11.8. The summed E-state index contributed by atoms with van der Waals surface area (Å²) in [5, 5.41) is 0.565. The topological polar surface area (TPSA) is 92.3 Å². The van der Waals surface area contributed by atoms with Gasteiger partial charge in [-0.05, 0) is 49.5 Å². The van der Waals surface area contributed by atoms with E-state index in [1.165, 1.54) is 34.8 Å². The van der Waals surface area contributed by atoms with E-state index in [4.69, 9.17) is 14.5 Å². The summed E-state index contributed by atoms with van der Waals surface area (Å²) in [6.45, 7) is 7.98. The van der Waals surface area contributed by atoms with Crippen molar-refractivity contribution in [1.29, 1.82) is 0 Å². The molecule has 2 heterocycles. The van der Waals surface area contributed by atoms with Crippen LogP contribution in [0.1, 0.15) is 24.2 Å². The molecule has 0 atom stereocenters. The molecule has 0 spiro atoms. The van der Waals surface area contributed by atoms with Crippen LogP contribution >= 0.6 is 11.3 Å². The molecule has 9 nitrogen and oxygen atoms in total. The normalized spacial score (nSPS) is 13.0. The van der Waals surface area contributed by atoms with Crippen molar-refractivity contribution in [2.24, 2.45) is 0 Å². The molecule has 1 aliphatic heterocycles. The van der Waals surface area contributed by atoms with Crippen LogP contribution in [0.3, 0.4) is 0 Å². The first-order valence-electron chi connectivity index (χ1n) is 13.2. The van der Waals surface area contributed by atoms with E-state index in [1.54, 1.807) is 41.3 Å². The van der Waals surface area contributed by atoms with Crippen molar-refractivity contribution in [2.75, 3.05) is 55.6 Å². The largest absolute Gasteiger partial charge is 0.486 e. The van der Waals surface area contributed by atoms with Crippen LogP contribution in [0, 0.1) is 0 Å². The highest BCUT2D eigenvalue weighted by molar-refractivity contribution is 7.92. The number of rotatable bonds is 10. The number of sulfonamides is 1. The molecule has 40 heavy (non-hydrogen) atoms. The smallest absolute Gasteiger partial charge is 0.264 e. The minimum atomic E-state index is -3.79. The second-order valence-corrected chi connectivity index (χ2v) is 12.3. The minimum Gasteiger partial charge on any atom is -0.486 e. The Morgan fingerprint density at radius 1 is 0.925 bits per heavy atom. The minimum absolute atomic E-state index is 0.107. The average molecular weight is 581 g/mol. The SMILES string of the molecule is CCN(CC)CCN(C(=O)c1ccc(S(=O)(=O)N(C)c2ccccc2)cc1)c1nc2cc3c(cc2s1)OCCO3. The number of carbonyl (C=O) groups excluding carboxylic acids is 1. The van der Waals surface area contributed by atoms with Gasteiger partial charge in [-0.1, -0.05) is 43.4 Å². The first-order chi connectivity index (χ1) is 19.3. The quantitative estimate of drug-likeness (QED) is 0.264. The van der Waals surface area contributed by atoms with Gasteiger partial charge in [-0.3, -0.25) is 14.0 Å². The highest BCUT2D eigenvalue weighted by Crippen LogP contribution is 2.39. The Kier molecular flexibility index (Phi) is 8.24. The molecule has 5 rings (SSSR count). The molecular weight excluding hydrogens is 548 g/mol. The van der Waals surface area contributed by atoms with Gasteiger partial charge < -0.3 is 14.4 Å². The Hall–Kier alpha value is -3.67. The highest BCUT2D eigenvalue weighted by Gasteiger charge is 2.25. The molecule has 0 bridgehead atoms. The molecule has 0 fully saturated rings. The number of amides is 1. The summed E-state index contributed by atoms with van der Waals surface area (Å²) >= 11 is 1.41. The number of hydrogen-bond acceptors (Lipinski definition) is 8. The Morgan fingerprint density at radius 3 is 2.23 bits per heavy atom. The highest BCUT2D eigenvalue weighted by atomic mass is 32.2. The Bertz CT molecular complexity index is 1540. The third kappa shape index (κ3) is 5.63. The van der Waals surface area contributed by atoms with Gasteiger partial charge >= 0.3 is 0 Å². The fraction of sp³-hybridized carbons (Fsp3) is 0.310. The molecule has 0 radical (unpaired) electrons. The Balaban J connectivity index is 1.44. The van der Waals surface area contributed by atoms with E-state index in [1.807, 2.05) is 18.2 Å². The van der Waals surface area contributed by atoms with Gasteiger partial charge in [0.1, 0.15) is 13.2 Å². The lowest BCUT2D eigenvalue weighted by Gasteiger charge is -2.25. The number of aromatic nitrogens is 1. The number of benzene rings is 3. The van der Waals surface area contributed by atoms with Gasteiger partial charge in [0, 0.05) is 37.8 Å². The molecule has 11 heteroatoms. The molecule has 1 amide bonds. The summed E-state index contributed by atoms with van der Waals surface area (Å²) < 4.78 is 40.0. The lowest BCUT2D eigenvalue weighted by atomic mass is 10.2. The lowest BCUT2D eigenvalue weighted by molar-refractivity contribution is 0.0983. The summed E-state index contributed by atoms with van der Waals surface area (Å²) in [6.07, 6.45) is 0. The van der Waals surface area contributed by atoms with Crippen LogP contribution in [0.15, 0.2) is 71.6 Å². The number of ether oxygens (including phenoxy) is 2. The number of thiazole rings is 1. The van der Waals surface area contributed by atoms with Crippen molar-refractivity contribution in [3.63, 3.8) is 0 Å². The number of likely N-dealkylation sites (N-methyl/N-ethyl adjacent to an activating group) is 1. The van der Waals surface area contributed by atoms with Crippen molar-refractivity contribution in [1.82, 2.24) is 9.88 Å². The molecule has 0 saturated carbocycles. The van der Waals surface area contributed by atoms with Crippen LogP contribution in [-0.2, 0) is 10.0 Å². The van der Waals surface area contributed by atoms with Crippen LogP contribution in [0.4, 0.5) is 10.8 Å². The third-order valence-electron chi connectivity index (χ3n) is 6.93. The first kappa shape index (κ1) is 27.9. The van der Waals surface area contributed by atoms with Gasteiger partial charge in [0.25, 0.3) is 15.9 Å². The molecule has 1 aromatic heterocycles. The maximum atomic E-state index is 13.8. The standard InChI is InChI=1S/C29H32N4O5S2/c1-4-32(5-2)15-16-33(29-30-24-19-25-26(20-27(24)39-29)38-18-17-37-25)28(34)21-11-13-23(14-12-21)40(35,36)31(3)22-9-7-6-8-10-22/h6-14,19-20H,4-5,15-18H2,1-3H3. The molecule has 0 saturated heterocycles. The summed E-state index contributed by atoms with van der Waals surface area (Å²) in [5.41, 5.74) is 1.67. The van der Waals surface area contributed by atoms with Gasteiger partial charge in [0.05, 0.1) is 20.8 Å². The second-order valence-electron chi connectivity index (χ2n) is 9.28. The predicted molar refractivity (Wildman–Crippen MR) is 159 cm³/mol. The zero-order valence-electron chi connectivity index (χ0n) is 22.7. The Morgan fingerprint density at radius 2 is 1.57 bits per heavy atom. The molecule has 0 aliphatic carbocycles. The monoisotopic (exact) mass is 580 g/mol. The molecule has 210 valence electrons. The van der Waals surface area contributed by atoms with Crippen LogP contribution < -0.4 is 18.7 Å². The molecule has 0 unspecified atom stereocenters. The number of hydrogen-bond donors (Lipinski definition) is 0. The van der Waals surface area contributed by atoms with E-state index < -0.39 is 10.0 Å². The van der Waals surface area contributed by atoms with Crippen molar-refractivity contribution >= 4 is 48.3 Å². The van der Waals surface area contributed by atoms with Crippen molar-refractivity contribution < 1.29 is 22.7 Å². The summed E-state index contributed by atoms with van der Waals surface area (Å²) in [5.74, 6) is 1.07. The Labute approximate surface area is 238 Å². The number of anilines is 2. The van der Waals surface area contributed by atoms with E-state index in [0.29, 0.717) is 54.2 Å². The zero-order chi connectivity index (χ0) is 28.3. The van der Waals surface area contributed by atoms with Gasteiger partial charge in [-0.2, -0.15) is 0 Å². The molecule has 0 N–H and O–H groups in total. The average Bonchev–Trinajstić information content (AvgIpc) is 3.40.